The topological polar surface area (TPSA) is 70.4 Å². The Labute approximate surface area is 120 Å². The maximum Gasteiger partial charge on any atom is 0.270 e. The fourth-order valence-corrected chi connectivity index (χ4v) is 2.44. The largest absolute Gasteiger partial charge is 0.279 e. The summed E-state index contributed by atoms with van der Waals surface area (Å²) in [6, 6.07) is 9.20. The van der Waals surface area contributed by atoms with Crippen molar-refractivity contribution in [3.63, 3.8) is 0 Å². The molecule has 1 aliphatic heterocycles. The average Bonchev–Trinajstić information content (AvgIpc) is 2.86. The quantitative estimate of drug-likeness (QED) is 0.661. The first-order valence-corrected chi connectivity index (χ1v) is 6.56. The Hall–Kier alpha value is -1.89. The number of carbonyl (C=O) groups is 1. The second-order valence-electron chi connectivity index (χ2n) is 4.68. The Balaban J connectivity index is 1.88. The van der Waals surface area contributed by atoms with Crippen LogP contribution in [0.25, 0.3) is 0 Å². The van der Waals surface area contributed by atoms with E-state index in [2.05, 4.69) is 9.93 Å². The predicted octanol–water partition coefficient (Wildman–Crippen LogP) is 1.32. The number of hydrogen-bond acceptors (Lipinski definition) is 4. The predicted molar refractivity (Wildman–Crippen MR) is 73.5 cm³/mol. The molecule has 0 fully saturated rings. The van der Waals surface area contributed by atoms with Crippen molar-refractivity contribution < 1.29 is 10.0 Å². The number of nitrogens with zero attached hydrogens (tertiary/aromatic N) is 3. The maximum atomic E-state index is 11.8. The molecule has 1 aromatic carbocycles. The lowest BCUT2D eigenvalue weighted by Crippen LogP contribution is -2.47. The number of hydrogen-bond donors (Lipinski definition) is 2. The van der Waals surface area contributed by atoms with Gasteiger partial charge in [0.1, 0.15) is 6.04 Å². The van der Waals surface area contributed by atoms with Crippen LogP contribution in [-0.2, 0) is 17.8 Å². The van der Waals surface area contributed by atoms with Gasteiger partial charge in [-0.05, 0) is 17.3 Å². The van der Waals surface area contributed by atoms with Crippen LogP contribution >= 0.6 is 11.8 Å². The minimum atomic E-state index is -0.636. The van der Waals surface area contributed by atoms with Gasteiger partial charge in [0.05, 0.1) is 6.54 Å². The number of nitrogens with one attached hydrogen (secondary N) is 1. The Bertz CT molecular complexity index is 629. The highest BCUT2D eigenvalue weighted by Gasteiger charge is 2.34. The molecule has 6 nitrogen and oxygen atoms in total. The van der Waals surface area contributed by atoms with Crippen molar-refractivity contribution in [1.82, 2.24) is 14.6 Å². The average molecular weight is 293 g/mol. The fraction of sp³-hybridized carbons (Fsp3) is 0.231. The molecule has 1 atom stereocenters. The van der Waals surface area contributed by atoms with Crippen LogP contribution in [0.15, 0.2) is 36.5 Å². The van der Waals surface area contributed by atoms with Crippen LogP contribution in [0.5, 0.6) is 0 Å². The van der Waals surface area contributed by atoms with E-state index in [0.29, 0.717) is 18.0 Å². The number of aromatic nitrogens is 2. The summed E-state index contributed by atoms with van der Waals surface area (Å²) in [5.41, 5.74) is 1.87. The number of benzene rings is 1. The Morgan fingerprint density at radius 3 is 2.85 bits per heavy atom. The summed E-state index contributed by atoms with van der Waals surface area (Å²) in [5.74, 6) is -0.230. The van der Waals surface area contributed by atoms with Crippen LogP contribution in [0, 0.1) is 0 Å². The fourth-order valence-electron chi connectivity index (χ4n) is 2.27. The SMILES string of the molecule is O=C1[C@@H](NCl)Cc2cn(Cc3ccccc3)nc2N1O. The number of carbonyl (C=O) groups excluding carboxylic acids is 1. The Morgan fingerprint density at radius 1 is 1.40 bits per heavy atom. The molecule has 1 amide bonds. The molecule has 0 unspecified atom stereocenters. The highest BCUT2D eigenvalue weighted by molar-refractivity contribution is 6.16. The molecule has 0 saturated carbocycles. The molecular weight excluding hydrogens is 280 g/mol. The van der Waals surface area contributed by atoms with Crippen LogP contribution in [-0.4, -0.2) is 26.9 Å². The van der Waals surface area contributed by atoms with E-state index in [1.807, 2.05) is 36.5 Å². The first-order chi connectivity index (χ1) is 9.69. The Kier molecular flexibility index (Phi) is 3.43. The van der Waals surface area contributed by atoms with Gasteiger partial charge in [-0.3, -0.25) is 14.7 Å². The molecule has 3 rings (SSSR count). The van der Waals surface area contributed by atoms with E-state index in [1.54, 1.807) is 4.68 Å². The molecule has 1 aliphatic rings. The zero-order chi connectivity index (χ0) is 14.1. The van der Waals surface area contributed by atoms with E-state index in [0.717, 1.165) is 11.1 Å². The molecule has 2 N–H and O–H groups in total. The maximum absolute atomic E-state index is 11.8. The van der Waals surface area contributed by atoms with Crippen LogP contribution in [0.4, 0.5) is 5.82 Å². The van der Waals surface area contributed by atoms with Crippen LogP contribution in [0.1, 0.15) is 11.1 Å². The van der Waals surface area contributed by atoms with Crippen molar-refractivity contribution in [1.29, 1.82) is 0 Å². The lowest BCUT2D eigenvalue weighted by atomic mass is 10.1. The zero-order valence-corrected chi connectivity index (χ0v) is 11.3. The number of fused-ring (bicyclic) bond motifs is 1. The summed E-state index contributed by atoms with van der Waals surface area (Å²) in [4.78, 5) is 14.1. The van der Waals surface area contributed by atoms with Gasteiger partial charge in [-0.25, -0.2) is 4.84 Å². The van der Waals surface area contributed by atoms with Gasteiger partial charge in [0.25, 0.3) is 5.91 Å². The molecule has 0 radical (unpaired) electrons. The van der Waals surface area contributed by atoms with Gasteiger partial charge in [-0.1, -0.05) is 30.3 Å². The number of hydroxylamine groups is 1. The summed E-state index contributed by atoms with van der Waals surface area (Å²) < 4.78 is 1.70. The molecule has 0 bridgehead atoms. The second-order valence-corrected chi connectivity index (χ2v) is 4.90. The smallest absolute Gasteiger partial charge is 0.270 e. The lowest BCUT2D eigenvalue weighted by Gasteiger charge is -2.24. The summed E-state index contributed by atoms with van der Waals surface area (Å²) in [6.07, 6.45) is 2.22. The van der Waals surface area contributed by atoms with Gasteiger partial charge in [0.15, 0.2) is 5.82 Å². The molecule has 20 heavy (non-hydrogen) atoms. The van der Waals surface area contributed by atoms with Crippen LogP contribution in [0.3, 0.4) is 0 Å². The zero-order valence-electron chi connectivity index (χ0n) is 10.5. The number of rotatable bonds is 3. The monoisotopic (exact) mass is 292 g/mol. The molecule has 1 aromatic heterocycles. The van der Waals surface area contributed by atoms with Gasteiger partial charge < -0.3 is 0 Å². The second kappa shape index (κ2) is 5.24. The highest BCUT2D eigenvalue weighted by atomic mass is 35.5. The first-order valence-electron chi connectivity index (χ1n) is 6.18. The van der Waals surface area contributed by atoms with E-state index in [-0.39, 0.29) is 5.82 Å². The summed E-state index contributed by atoms with van der Waals surface area (Å²) in [7, 11) is 0. The van der Waals surface area contributed by atoms with Crippen LogP contribution < -0.4 is 9.90 Å². The van der Waals surface area contributed by atoms with Crippen molar-refractivity contribution in [3.05, 3.63) is 47.7 Å². The van der Waals surface area contributed by atoms with Gasteiger partial charge in [0.2, 0.25) is 0 Å². The van der Waals surface area contributed by atoms with Crippen molar-refractivity contribution in [2.45, 2.75) is 19.0 Å². The molecule has 104 valence electrons. The van der Waals surface area contributed by atoms with E-state index in [4.69, 9.17) is 11.8 Å². The number of anilines is 1. The van der Waals surface area contributed by atoms with Gasteiger partial charge in [-0.15, -0.1) is 0 Å². The summed E-state index contributed by atoms with van der Waals surface area (Å²) in [6.45, 7) is 0.578. The molecule has 2 heterocycles. The normalized spacial score (nSPS) is 18.2. The van der Waals surface area contributed by atoms with E-state index >= 15 is 0 Å². The first kappa shape index (κ1) is 13.1. The molecular formula is C13H13ClN4O2. The van der Waals surface area contributed by atoms with E-state index in [1.165, 1.54) is 0 Å². The summed E-state index contributed by atoms with van der Waals surface area (Å²) in [5, 5.41) is 14.6. The van der Waals surface area contributed by atoms with Gasteiger partial charge in [-0.2, -0.15) is 10.2 Å². The van der Waals surface area contributed by atoms with Crippen molar-refractivity contribution in [3.8, 4) is 0 Å². The van der Waals surface area contributed by atoms with Gasteiger partial charge >= 0.3 is 0 Å². The van der Waals surface area contributed by atoms with Crippen molar-refractivity contribution in [2.75, 3.05) is 5.06 Å². The third kappa shape index (κ3) is 2.29. The molecule has 0 spiro atoms. The number of halogens is 1. The third-order valence-corrected chi connectivity index (χ3v) is 3.53. The molecule has 2 aromatic rings. The van der Waals surface area contributed by atoms with E-state index < -0.39 is 11.9 Å². The minimum absolute atomic E-state index is 0.272. The van der Waals surface area contributed by atoms with Crippen molar-refractivity contribution >= 4 is 23.5 Å². The summed E-state index contributed by atoms with van der Waals surface area (Å²) >= 11 is 5.51. The minimum Gasteiger partial charge on any atom is -0.279 e. The van der Waals surface area contributed by atoms with Crippen LogP contribution in [0.2, 0.25) is 0 Å². The third-order valence-electron chi connectivity index (χ3n) is 3.27. The molecule has 0 aliphatic carbocycles. The van der Waals surface area contributed by atoms with E-state index in [9.17, 15) is 10.0 Å². The Morgan fingerprint density at radius 2 is 2.15 bits per heavy atom. The standard InChI is InChI=1S/C13H13ClN4O2/c14-15-11-6-10-8-17(7-9-4-2-1-3-5-9)16-12(10)18(20)13(11)19/h1-5,8,11,15,20H,6-7H2/t11-/m0/s1. The molecule has 0 saturated heterocycles. The number of amides is 1. The lowest BCUT2D eigenvalue weighted by molar-refractivity contribution is -0.125. The van der Waals surface area contributed by atoms with Gasteiger partial charge in [0, 0.05) is 18.2 Å². The highest BCUT2D eigenvalue weighted by Crippen LogP contribution is 2.25. The molecule has 7 heteroatoms. The van der Waals surface area contributed by atoms with Crippen molar-refractivity contribution in [2.24, 2.45) is 0 Å².